The van der Waals surface area contributed by atoms with E-state index in [0.717, 1.165) is 25.0 Å². The van der Waals surface area contributed by atoms with Crippen LogP contribution < -0.4 is 5.32 Å². The zero-order valence-electron chi connectivity index (χ0n) is 22.2. The summed E-state index contributed by atoms with van der Waals surface area (Å²) >= 11 is 0. The average molecular weight is 540 g/mol. The van der Waals surface area contributed by atoms with Gasteiger partial charge in [-0.25, -0.2) is 13.4 Å². The summed E-state index contributed by atoms with van der Waals surface area (Å²) in [7, 11) is -0.202. The number of rotatable bonds is 8. The number of nitrogens with one attached hydrogen (secondary N) is 1. The quantitative estimate of drug-likeness (QED) is 0.450. The number of hydrogen-bond donors (Lipinski definition) is 2. The van der Waals surface area contributed by atoms with E-state index in [1.54, 1.807) is 6.07 Å². The van der Waals surface area contributed by atoms with Gasteiger partial charge in [0, 0.05) is 44.7 Å². The number of hydrogen-bond acceptors (Lipinski definition) is 8. The summed E-state index contributed by atoms with van der Waals surface area (Å²) in [6.45, 7) is 5.89. The molecule has 2 N–H and O–H groups in total. The van der Waals surface area contributed by atoms with Crippen LogP contribution in [-0.4, -0.2) is 104 Å². The third-order valence-corrected chi connectivity index (χ3v) is 9.42. The molecule has 9 nitrogen and oxygen atoms in total. The first-order valence-corrected chi connectivity index (χ1v) is 14.5. The molecule has 0 aliphatic carbocycles. The fraction of sp³-hybridized carbons (Fsp3) is 0.464. The number of β-amino-alcohol motifs (C(OH)–C–C–N with tert-alkyl or cyclic N) is 1. The minimum absolute atomic E-state index is 0.0526. The fourth-order valence-corrected chi connectivity index (χ4v) is 6.90. The van der Waals surface area contributed by atoms with Gasteiger partial charge < -0.3 is 20.1 Å². The molecule has 3 heterocycles. The van der Waals surface area contributed by atoms with Crippen LogP contribution in [0.5, 0.6) is 0 Å². The molecule has 3 atom stereocenters. The van der Waals surface area contributed by atoms with Gasteiger partial charge in [0.1, 0.15) is 10.7 Å². The van der Waals surface area contributed by atoms with Crippen molar-refractivity contribution in [2.24, 2.45) is 0 Å². The van der Waals surface area contributed by atoms with Gasteiger partial charge in [-0.05, 0) is 44.3 Å². The Kier molecular flexibility index (Phi) is 7.99. The van der Waals surface area contributed by atoms with Crippen LogP contribution in [0.3, 0.4) is 0 Å². The van der Waals surface area contributed by atoms with Crippen LogP contribution in [0.2, 0.25) is 0 Å². The Hall–Kier alpha value is -2.60. The molecule has 0 amide bonds. The number of ether oxygens (including phenoxy) is 1. The van der Waals surface area contributed by atoms with Gasteiger partial charge in [-0.2, -0.15) is 4.31 Å². The molecule has 0 spiro atoms. The first-order chi connectivity index (χ1) is 18.2. The molecule has 2 aromatic carbocycles. The van der Waals surface area contributed by atoms with Gasteiger partial charge in [0.25, 0.3) is 0 Å². The maximum Gasteiger partial charge on any atom is 0.246 e. The Morgan fingerprint density at radius 1 is 1.11 bits per heavy atom. The Morgan fingerprint density at radius 3 is 2.63 bits per heavy atom. The van der Waals surface area contributed by atoms with Gasteiger partial charge in [0.05, 0.1) is 30.4 Å². The van der Waals surface area contributed by atoms with Gasteiger partial charge in [0.15, 0.2) is 0 Å². The summed E-state index contributed by atoms with van der Waals surface area (Å²) in [6.07, 6.45) is -0.859. The van der Waals surface area contributed by atoms with E-state index in [9.17, 15) is 13.5 Å². The number of morpholine rings is 1. The highest BCUT2D eigenvalue weighted by molar-refractivity contribution is 7.89. The molecule has 2 saturated heterocycles. The number of aliphatic hydroxyl groups is 1. The van der Waals surface area contributed by atoms with Gasteiger partial charge in [0.2, 0.25) is 10.0 Å². The molecule has 3 aromatic rings. The van der Waals surface area contributed by atoms with E-state index in [1.165, 1.54) is 15.4 Å². The van der Waals surface area contributed by atoms with Crippen LogP contribution in [0, 0.1) is 6.92 Å². The van der Waals surface area contributed by atoms with E-state index < -0.39 is 16.1 Å². The first kappa shape index (κ1) is 27.0. The van der Waals surface area contributed by atoms with Gasteiger partial charge in [-0.1, -0.05) is 42.5 Å². The lowest BCUT2D eigenvalue weighted by atomic mass is 10.1. The zero-order valence-corrected chi connectivity index (χ0v) is 23.1. The number of aryl methyl sites for hydroxylation is 1. The molecule has 0 bridgehead atoms. The number of anilines is 1. The van der Waals surface area contributed by atoms with Crippen molar-refractivity contribution in [2.75, 3.05) is 58.7 Å². The number of pyridine rings is 1. The summed E-state index contributed by atoms with van der Waals surface area (Å²) in [5.41, 5.74) is 3.29. The Morgan fingerprint density at radius 2 is 1.87 bits per heavy atom. The van der Waals surface area contributed by atoms with Crippen molar-refractivity contribution in [3.8, 4) is 0 Å². The van der Waals surface area contributed by atoms with Crippen LogP contribution in [0.25, 0.3) is 10.9 Å². The molecule has 2 fully saturated rings. The second-order valence-electron chi connectivity index (χ2n) is 10.5. The van der Waals surface area contributed by atoms with Crippen molar-refractivity contribution >= 4 is 26.7 Å². The number of para-hydroxylation sites is 1. The van der Waals surface area contributed by atoms with E-state index in [4.69, 9.17) is 9.72 Å². The van der Waals surface area contributed by atoms with E-state index >= 15 is 0 Å². The standard InChI is InChI=1S/C28H37N5O4S/c1-20-8-4-5-10-22(20)16-32-12-13-37-23(17-32)15-29-28-27(14-21-9-6-7-11-24(21)30-28)38(35,36)33-18-25(31(2)3)26(34)19-33/h4-11,14,23,25-26,34H,12-13,15-19H2,1-3H3,(H,29,30)/t23?,25-,26-/m1/s1. The van der Waals surface area contributed by atoms with Crippen molar-refractivity contribution in [1.29, 1.82) is 0 Å². The van der Waals surface area contributed by atoms with E-state index in [-0.39, 0.29) is 30.1 Å². The number of aliphatic hydroxyl groups excluding tert-OH is 1. The highest BCUT2D eigenvalue weighted by Gasteiger charge is 2.40. The lowest BCUT2D eigenvalue weighted by molar-refractivity contribution is -0.0241. The minimum Gasteiger partial charge on any atom is -0.390 e. The third kappa shape index (κ3) is 5.70. The molecule has 2 aliphatic heterocycles. The van der Waals surface area contributed by atoms with E-state index in [0.29, 0.717) is 24.5 Å². The molecule has 38 heavy (non-hydrogen) atoms. The average Bonchev–Trinajstić information content (AvgIpc) is 3.31. The Balaban J connectivity index is 1.36. The molecule has 0 radical (unpaired) electrons. The van der Waals surface area contributed by atoms with Crippen molar-refractivity contribution in [1.82, 2.24) is 19.1 Å². The predicted molar refractivity (Wildman–Crippen MR) is 149 cm³/mol. The van der Waals surface area contributed by atoms with Crippen LogP contribution >= 0.6 is 0 Å². The van der Waals surface area contributed by atoms with Crippen LogP contribution in [-0.2, 0) is 21.3 Å². The largest absolute Gasteiger partial charge is 0.390 e. The molecular formula is C28H37N5O4S. The lowest BCUT2D eigenvalue weighted by Crippen LogP contribution is -2.45. The van der Waals surface area contributed by atoms with Crippen LogP contribution in [0.15, 0.2) is 59.5 Å². The molecule has 204 valence electrons. The number of benzene rings is 2. The minimum atomic E-state index is -3.90. The van der Waals surface area contributed by atoms with Crippen molar-refractivity contribution in [3.63, 3.8) is 0 Å². The summed E-state index contributed by atoms with van der Waals surface area (Å²) in [5.74, 6) is 0.311. The summed E-state index contributed by atoms with van der Waals surface area (Å²) in [4.78, 5) is 9.06. The molecule has 10 heteroatoms. The third-order valence-electron chi connectivity index (χ3n) is 7.57. The SMILES string of the molecule is Cc1ccccc1CN1CCOC(CNc2nc3ccccc3cc2S(=O)(=O)N2C[C@@H](O)[C@H](N(C)C)C2)C1. The van der Waals surface area contributed by atoms with Crippen LogP contribution in [0.1, 0.15) is 11.1 Å². The number of aromatic nitrogens is 1. The topological polar surface area (TPSA) is 98.2 Å². The van der Waals surface area contributed by atoms with Gasteiger partial charge in [-0.15, -0.1) is 0 Å². The highest BCUT2D eigenvalue weighted by Crippen LogP contribution is 2.30. The number of likely N-dealkylation sites (N-methyl/N-ethyl adjacent to an activating group) is 1. The molecule has 0 saturated carbocycles. The van der Waals surface area contributed by atoms with E-state index in [2.05, 4.69) is 41.4 Å². The monoisotopic (exact) mass is 539 g/mol. The predicted octanol–water partition coefficient (Wildman–Crippen LogP) is 2.15. The smallest absolute Gasteiger partial charge is 0.246 e. The second kappa shape index (κ2) is 11.3. The lowest BCUT2D eigenvalue weighted by Gasteiger charge is -2.33. The van der Waals surface area contributed by atoms with Gasteiger partial charge >= 0.3 is 0 Å². The Bertz CT molecular complexity index is 1380. The molecule has 5 rings (SSSR count). The summed E-state index contributed by atoms with van der Waals surface area (Å²) in [5, 5.41) is 14.6. The first-order valence-electron chi connectivity index (χ1n) is 13.1. The van der Waals surface area contributed by atoms with Crippen molar-refractivity contribution in [3.05, 3.63) is 65.7 Å². The zero-order chi connectivity index (χ0) is 26.9. The maximum absolute atomic E-state index is 13.8. The number of sulfonamides is 1. The van der Waals surface area contributed by atoms with Crippen molar-refractivity contribution < 1.29 is 18.3 Å². The molecular weight excluding hydrogens is 502 g/mol. The molecule has 1 aromatic heterocycles. The second-order valence-corrected chi connectivity index (χ2v) is 12.4. The van der Waals surface area contributed by atoms with E-state index in [1.807, 2.05) is 43.3 Å². The summed E-state index contributed by atoms with van der Waals surface area (Å²) < 4.78 is 35.1. The molecule has 1 unspecified atom stereocenters. The maximum atomic E-state index is 13.8. The van der Waals surface area contributed by atoms with Crippen LogP contribution in [0.4, 0.5) is 5.82 Å². The highest BCUT2D eigenvalue weighted by atomic mass is 32.2. The summed E-state index contributed by atoms with van der Waals surface area (Å²) in [6, 6.07) is 17.3. The number of fused-ring (bicyclic) bond motifs is 1. The number of nitrogens with zero attached hydrogens (tertiary/aromatic N) is 4. The van der Waals surface area contributed by atoms with Crippen molar-refractivity contribution in [2.45, 2.75) is 36.6 Å². The fourth-order valence-electron chi connectivity index (χ4n) is 5.28. The van der Waals surface area contributed by atoms with Gasteiger partial charge in [-0.3, -0.25) is 4.90 Å². The normalized spacial score (nSPS) is 23.3. The Labute approximate surface area is 225 Å². The molecule has 2 aliphatic rings.